The number of Topliss-reactive ketones (excluding diaryl/α,β-unsaturated/α-hetero) is 1. The number of ether oxygens (including phenoxy) is 5. The first kappa shape index (κ1) is 20.8. The van der Waals surface area contributed by atoms with Crippen LogP contribution < -0.4 is 23.7 Å². The Bertz CT molecular complexity index is 1040. The number of carbonyl (C=O) groups excluding carboxylic acids is 1. The number of hydrogen-bond donors (Lipinski definition) is 0. The fourth-order valence-corrected chi connectivity index (χ4v) is 3.94. The molecule has 8 nitrogen and oxygen atoms in total. The Hall–Kier alpha value is -3.42. The molecule has 2 aromatic carbocycles. The number of ketones is 1. The van der Waals surface area contributed by atoms with Crippen molar-refractivity contribution in [2.75, 3.05) is 28.1 Å². The van der Waals surface area contributed by atoms with Crippen molar-refractivity contribution >= 4 is 11.5 Å². The summed E-state index contributed by atoms with van der Waals surface area (Å²) >= 11 is 0. The molecule has 164 valence electrons. The van der Waals surface area contributed by atoms with E-state index in [4.69, 9.17) is 28.5 Å². The Balaban J connectivity index is 1.86. The van der Waals surface area contributed by atoms with E-state index in [1.807, 2.05) is 19.9 Å². The first-order chi connectivity index (χ1) is 15.0. The van der Waals surface area contributed by atoms with E-state index in [0.29, 0.717) is 45.6 Å². The zero-order valence-corrected chi connectivity index (χ0v) is 18.2. The van der Waals surface area contributed by atoms with Gasteiger partial charge in [-0.3, -0.25) is 4.79 Å². The van der Waals surface area contributed by atoms with Gasteiger partial charge in [-0.15, -0.1) is 0 Å². The molecule has 0 fully saturated rings. The van der Waals surface area contributed by atoms with E-state index in [2.05, 4.69) is 5.16 Å². The van der Waals surface area contributed by atoms with Crippen molar-refractivity contribution in [1.29, 1.82) is 0 Å². The molecule has 0 saturated carbocycles. The maximum Gasteiger partial charge on any atom is 0.231 e. The predicted octanol–water partition coefficient (Wildman–Crippen LogP) is 3.94. The molecule has 1 heterocycles. The second kappa shape index (κ2) is 8.37. The van der Waals surface area contributed by atoms with Crippen molar-refractivity contribution < 1.29 is 33.3 Å². The van der Waals surface area contributed by atoms with Gasteiger partial charge in [0.2, 0.25) is 6.79 Å². The molecule has 0 saturated heterocycles. The van der Waals surface area contributed by atoms with Crippen molar-refractivity contribution in [2.45, 2.75) is 32.3 Å². The zero-order valence-electron chi connectivity index (χ0n) is 18.2. The van der Waals surface area contributed by atoms with Crippen molar-refractivity contribution in [1.82, 2.24) is 0 Å². The zero-order chi connectivity index (χ0) is 22.1. The van der Waals surface area contributed by atoms with Crippen LogP contribution in [0.4, 0.5) is 0 Å². The number of rotatable bonds is 6. The topological polar surface area (TPSA) is 84.8 Å². The molecule has 1 aliphatic heterocycles. The Kier molecular flexibility index (Phi) is 5.63. The maximum atomic E-state index is 13.2. The Labute approximate surface area is 180 Å². The van der Waals surface area contributed by atoms with E-state index in [0.717, 1.165) is 5.56 Å². The van der Waals surface area contributed by atoms with Gasteiger partial charge in [-0.25, -0.2) is 0 Å². The number of nitrogens with zero attached hydrogens (tertiary/aromatic N) is 1. The van der Waals surface area contributed by atoms with Gasteiger partial charge in [0.05, 0.1) is 26.0 Å². The number of fused-ring (bicyclic) bond motifs is 2. The standard InChI is InChI=1S/C23H25NO7/c1-12(2)31-22-7-13-16(9-19(22)27-4)23(24-28-5)15(6-17(13)25)14-8-20-21(30-11-29-20)10-18(14)26-3/h7-10,12,15H,6,11H2,1-5H3. The van der Waals surface area contributed by atoms with Crippen molar-refractivity contribution in [3.8, 4) is 28.7 Å². The van der Waals surface area contributed by atoms with Crippen molar-refractivity contribution in [3.63, 3.8) is 0 Å². The van der Waals surface area contributed by atoms with Crippen LogP contribution in [0.5, 0.6) is 28.7 Å². The van der Waals surface area contributed by atoms with Crippen LogP contribution in [0, 0.1) is 0 Å². The lowest BCUT2D eigenvalue weighted by Crippen LogP contribution is -2.27. The van der Waals surface area contributed by atoms with E-state index in [-0.39, 0.29) is 25.1 Å². The maximum absolute atomic E-state index is 13.2. The van der Waals surface area contributed by atoms with Gasteiger partial charge in [0.25, 0.3) is 0 Å². The van der Waals surface area contributed by atoms with Gasteiger partial charge in [0.15, 0.2) is 28.8 Å². The van der Waals surface area contributed by atoms with Crippen LogP contribution in [0.3, 0.4) is 0 Å². The lowest BCUT2D eigenvalue weighted by molar-refractivity contribution is 0.0974. The minimum Gasteiger partial charge on any atom is -0.496 e. The Morgan fingerprint density at radius 1 is 0.935 bits per heavy atom. The monoisotopic (exact) mass is 427 g/mol. The molecule has 0 radical (unpaired) electrons. The van der Waals surface area contributed by atoms with Crippen molar-refractivity contribution in [3.05, 3.63) is 41.0 Å². The first-order valence-corrected chi connectivity index (χ1v) is 9.97. The molecule has 2 aliphatic rings. The normalized spacial score (nSPS) is 18.2. The van der Waals surface area contributed by atoms with Gasteiger partial charge in [-0.05, 0) is 32.0 Å². The molecule has 1 unspecified atom stereocenters. The summed E-state index contributed by atoms with van der Waals surface area (Å²) in [5.41, 5.74) is 2.52. The summed E-state index contributed by atoms with van der Waals surface area (Å²) in [6.07, 6.45) is 0.127. The van der Waals surface area contributed by atoms with Gasteiger partial charge in [0, 0.05) is 35.1 Å². The van der Waals surface area contributed by atoms with Crippen LogP contribution in [-0.2, 0) is 4.84 Å². The van der Waals surface area contributed by atoms with Crippen LogP contribution in [0.25, 0.3) is 0 Å². The van der Waals surface area contributed by atoms with Crippen LogP contribution >= 0.6 is 0 Å². The lowest BCUT2D eigenvalue weighted by atomic mass is 9.77. The molecule has 1 atom stereocenters. The molecule has 0 amide bonds. The summed E-state index contributed by atoms with van der Waals surface area (Å²) < 4.78 is 28.0. The summed E-state index contributed by atoms with van der Waals surface area (Å²) in [6.45, 7) is 3.98. The third kappa shape index (κ3) is 3.73. The highest BCUT2D eigenvalue weighted by Gasteiger charge is 2.37. The number of carbonyl (C=O) groups is 1. The van der Waals surface area contributed by atoms with Crippen LogP contribution in [0.2, 0.25) is 0 Å². The average molecular weight is 427 g/mol. The summed E-state index contributed by atoms with van der Waals surface area (Å²) in [6, 6.07) is 7.09. The lowest BCUT2D eigenvalue weighted by Gasteiger charge is -2.28. The quantitative estimate of drug-likeness (QED) is 0.646. The highest BCUT2D eigenvalue weighted by Crippen LogP contribution is 2.46. The van der Waals surface area contributed by atoms with E-state index < -0.39 is 5.92 Å². The largest absolute Gasteiger partial charge is 0.496 e. The van der Waals surface area contributed by atoms with Gasteiger partial charge in [0.1, 0.15) is 12.9 Å². The van der Waals surface area contributed by atoms with Gasteiger partial charge >= 0.3 is 0 Å². The molecule has 0 spiro atoms. The highest BCUT2D eigenvalue weighted by molar-refractivity contribution is 6.19. The van der Waals surface area contributed by atoms with Gasteiger partial charge in [-0.2, -0.15) is 0 Å². The van der Waals surface area contributed by atoms with E-state index >= 15 is 0 Å². The summed E-state index contributed by atoms with van der Waals surface area (Å²) in [7, 11) is 4.61. The number of oxime groups is 1. The second-order valence-corrected chi connectivity index (χ2v) is 7.50. The third-order valence-electron chi connectivity index (χ3n) is 5.25. The van der Waals surface area contributed by atoms with E-state index in [9.17, 15) is 4.79 Å². The van der Waals surface area contributed by atoms with Crippen LogP contribution in [0.1, 0.15) is 47.7 Å². The molecule has 4 rings (SSSR count). The molecule has 2 aromatic rings. The average Bonchev–Trinajstić information content (AvgIpc) is 3.21. The second-order valence-electron chi connectivity index (χ2n) is 7.50. The molecule has 0 aromatic heterocycles. The van der Waals surface area contributed by atoms with E-state index in [1.54, 1.807) is 32.4 Å². The summed E-state index contributed by atoms with van der Waals surface area (Å²) in [4.78, 5) is 18.4. The number of methoxy groups -OCH3 is 2. The number of benzene rings is 2. The fourth-order valence-electron chi connectivity index (χ4n) is 3.94. The van der Waals surface area contributed by atoms with Crippen LogP contribution in [-0.4, -0.2) is 45.7 Å². The number of hydrogen-bond acceptors (Lipinski definition) is 8. The van der Waals surface area contributed by atoms with E-state index in [1.165, 1.54) is 7.11 Å². The Morgan fingerprint density at radius 2 is 1.61 bits per heavy atom. The molecular weight excluding hydrogens is 402 g/mol. The fraction of sp³-hybridized carbons (Fsp3) is 0.391. The molecule has 8 heteroatoms. The van der Waals surface area contributed by atoms with Crippen molar-refractivity contribution in [2.24, 2.45) is 5.16 Å². The highest BCUT2D eigenvalue weighted by atomic mass is 16.7. The molecule has 1 aliphatic carbocycles. The molecule has 0 N–H and O–H groups in total. The Morgan fingerprint density at radius 3 is 2.26 bits per heavy atom. The summed E-state index contributed by atoms with van der Waals surface area (Å²) in [5.74, 6) is 2.38. The summed E-state index contributed by atoms with van der Waals surface area (Å²) in [5, 5.41) is 4.29. The SMILES string of the molecule is CON=C1c2cc(OC)c(OC(C)C)cc2C(=O)CC1c1cc2c(cc1OC)OCO2. The minimum atomic E-state index is -0.397. The van der Waals surface area contributed by atoms with Gasteiger partial charge in [-0.1, -0.05) is 5.16 Å². The first-order valence-electron chi connectivity index (χ1n) is 9.97. The van der Waals surface area contributed by atoms with Crippen LogP contribution in [0.15, 0.2) is 29.4 Å². The smallest absolute Gasteiger partial charge is 0.231 e. The van der Waals surface area contributed by atoms with Gasteiger partial charge < -0.3 is 28.5 Å². The molecule has 0 bridgehead atoms. The minimum absolute atomic E-state index is 0.0361. The molecular formula is C23H25NO7. The molecule has 31 heavy (non-hydrogen) atoms. The predicted molar refractivity (Wildman–Crippen MR) is 113 cm³/mol. The third-order valence-corrected chi connectivity index (χ3v) is 5.25.